The topological polar surface area (TPSA) is 63.3 Å². The van der Waals surface area contributed by atoms with Crippen molar-refractivity contribution in [1.29, 1.82) is 0 Å². The molecule has 0 radical (unpaired) electrons. The van der Waals surface area contributed by atoms with Gasteiger partial charge < -0.3 is 10.8 Å². The van der Waals surface area contributed by atoms with Gasteiger partial charge in [0.15, 0.2) is 0 Å². The molecule has 0 aliphatic carbocycles. The van der Waals surface area contributed by atoms with Gasteiger partial charge in [-0.25, -0.2) is 0 Å². The number of rotatable bonds is 4. The molecule has 0 aliphatic heterocycles. The molecule has 0 saturated carbocycles. The van der Waals surface area contributed by atoms with E-state index in [1.165, 1.54) is 4.88 Å². The van der Waals surface area contributed by atoms with Crippen molar-refractivity contribution in [1.82, 2.24) is 0 Å². The number of thiophene rings is 1. The molecule has 1 heterocycles. The summed E-state index contributed by atoms with van der Waals surface area (Å²) < 4.78 is 0. The van der Waals surface area contributed by atoms with Crippen molar-refractivity contribution >= 4 is 17.3 Å². The van der Waals surface area contributed by atoms with Crippen LogP contribution in [0.2, 0.25) is 0 Å². The number of hydrogen-bond acceptors (Lipinski definition) is 3. The van der Waals surface area contributed by atoms with Crippen LogP contribution in [0.1, 0.15) is 49.4 Å². The maximum absolute atomic E-state index is 10.4. The second-order valence-corrected chi connectivity index (χ2v) is 6.11. The average Bonchev–Trinajstić information content (AvgIpc) is 2.61. The van der Waals surface area contributed by atoms with Gasteiger partial charge in [0.2, 0.25) is 0 Å². The predicted molar refractivity (Wildman–Crippen MR) is 66.8 cm³/mol. The van der Waals surface area contributed by atoms with Gasteiger partial charge in [-0.05, 0) is 24.0 Å². The Morgan fingerprint density at radius 2 is 2.12 bits per heavy atom. The summed E-state index contributed by atoms with van der Waals surface area (Å²) in [5.74, 6) is -0.789. The Labute approximate surface area is 100 Å². The summed E-state index contributed by atoms with van der Waals surface area (Å²) in [6, 6.07) is 3.94. The number of hydrogen-bond donors (Lipinski definition) is 2. The molecular formula is C12H19NO2S. The third-order valence-corrected chi connectivity index (χ3v) is 4.04. The van der Waals surface area contributed by atoms with E-state index in [-0.39, 0.29) is 17.9 Å². The average molecular weight is 241 g/mol. The van der Waals surface area contributed by atoms with Gasteiger partial charge in [-0.15, -0.1) is 11.3 Å². The molecule has 0 aliphatic rings. The lowest BCUT2D eigenvalue weighted by atomic mass is 9.95. The number of carboxylic acid groups (broad SMARTS) is 1. The first kappa shape index (κ1) is 13.2. The van der Waals surface area contributed by atoms with E-state index in [0.29, 0.717) is 6.42 Å². The Kier molecular flexibility index (Phi) is 4.10. The minimum absolute atomic E-state index is 0.129. The normalized spacial score (nSPS) is 13.8. The van der Waals surface area contributed by atoms with Crippen molar-refractivity contribution in [3.05, 3.63) is 21.9 Å². The van der Waals surface area contributed by atoms with Gasteiger partial charge in [0.05, 0.1) is 0 Å². The molecule has 0 bridgehead atoms. The van der Waals surface area contributed by atoms with Gasteiger partial charge in [-0.1, -0.05) is 20.8 Å². The van der Waals surface area contributed by atoms with Gasteiger partial charge in [0, 0.05) is 22.2 Å². The van der Waals surface area contributed by atoms with Gasteiger partial charge in [0.25, 0.3) is 0 Å². The van der Waals surface area contributed by atoms with E-state index >= 15 is 0 Å². The summed E-state index contributed by atoms with van der Waals surface area (Å²) in [6.07, 6.45) is 0.628. The SMILES string of the molecule is CC(C)(C)c1ccc(C(N)CCC(=O)O)s1. The van der Waals surface area contributed by atoms with Crippen molar-refractivity contribution < 1.29 is 9.90 Å². The van der Waals surface area contributed by atoms with Gasteiger partial charge in [-0.2, -0.15) is 0 Å². The summed E-state index contributed by atoms with van der Waals surface area (Å²) in [7, 11) is 0. The van der Waals surface area contributed by atoms with Crippen LogP contribution >= 0.6 is 11.3 Å². The van der Waals surface area contributed by atoms with Gasteiger partial charge in [0.1, 0.15) is 0 Å². The zero-order valence-electron chi connectivity index (χ0n) is 9.99. The molecule has 16 heavy (non-hydrogen) atoms. The molecule has 0 amide bonds. The molecule has 3 N–H and O–H groups in total. The molecule has 0 aromatic carbocycles. The van der Waals surface area contributed by atoms with Crippen molar-refractivity contribution in [3.63, 3.8) is 0 Å². The largest absolute Gasteiger partial charge is 0.481 e. The Hall–Kier alpha value is -0.870. The third kappa shape index (κ3) is 3.61. The van der Waals surface area contributed by atoms with E-state index in [4.69, 9.17) is 10.8 Å². The summed E-state index contributed by atoms with van der Waals surface area (Å²) in [6.45, 7) is 6.47. The van der Waals surface area contributed by atoms with Crippen LogP contribution in [0.3, 0.4) is 0 Å². The van der Waals surface area contributed by atoms with Crippen molar-refractivity contribution in [2.45, 2.75) is 45.1 Å². The molecule has 0 fully saturated rings. The first-order valence-corrected chi connectivity index (χ1v) is 6.20. The molecule has 4 heteroatoms. The van der Waals surface area contributed by atoms with Crippen LogP contribution in [0.15, 0.2) is 12.1 Å². The Morgan fingerprint density at radius 1 is 1.50 bits per heavy atom. The Morgan fingerprint density at radius 3 is 2.56 bits per heavy atom. The molecule has 1 atom stereocenters. The second kappa shape index (κ2) is 4.97. The van der Waals surface area contributed by atoms with E-state index in [2.05, 4.69) is 26.8 Å². The highest BCUT2D eigenvalue weighted by molar-refractivity contribution is 7.12. The maximum atomic E-state index is 10.4. The second-order valence-electron chi connectivity index (χ2n) is 4.99. The quantitative estimate of drug-likeness (QED) is 0.852. The number of aliphatic carboxylic acids is 1. The number of carbonyl (C=O) groups is 1. The standard InChI is InChI=1S/C12H19NO2S/c1-12(2,3)10-6-5-9(16-10)8(13)4-7-11(14)15/h5-6,8H,4,7,13H2,1-3H3,(H,14,15). The fourth-order valence-electron chi connectivity index (χ4n) is 1.38. The minimum Gasteiger partial charge on any atom is -0.481 e. The molecule has 1 rings (SSSR count). The Bertz CT molecular complexity index is 365. The van der Waals surface area contributed by atoms with Crippen molar-refractivity contribution in [2.24, 2.45) is 5.73 Å². The smallest absolute Gasteiger partial charge is 0.303 e. The highest BCUT2D eigenvalue weighted by Gasteiger charge is 2.18. The fraction of sp³-hybridized carbons (Fsp3) is 0.583. The molecule has 1 unspecified atom stereocenters. The van der Waals surface area contributed by atoms with Crippen molar-refractivity contribution in [2.75, 3.05) is 0 Å². The van der Waals surface area contributed by atoms with Crippen LogP contribution in [-0.2, 0) is 10.2 Å². The van der Waals surface area contributed by atoms with Crippen LogP contribution in [-0.4, -0.2) is 11.1 Å². The molecule has 1 aromatic rings. The molecule has 1 aromatic heterocycles. The van der Waals surface area contributed by atoms with Crippen LogP contribution in [0.4, 0.5) is 0 Å². The first-order chi connectivity index (χ1) is 7.30. The summed E-state index contributed by atoms with van der Waals surface area (Å²) in [4.78, 5) is 12.8. The van der Waals surface area contributed by atoms with E-state index in [9.17, 15) is 4.79 Å². The lowest BCUT2D eigenvalue weighted by Crippen LogP contribution is -2.11. The number of nitrogens with two attached hydrogens (primary N) is 1. The van der Waals surface area contributed by atoms with Crippen LogP contribution < -0.4 is 5.73 Å². The van der Waals surface area contributed by atoms with Crippen LogP contribution in [0.25, 0.3) is 0 Å². The molecule has 0 saturated heterocycles. The summed E-state index contributed by atoms with van der Waals surface area (Å²) in [5.41, 5.74) is 6.08. The van der Waals surface area contributed by atoms with Crippen molar-refractivity contribution in [3.8, 4) is 0 Å². The summed E-state index contributed by atoms with van der Waals surface area (Å²) in [5, 5.41) is 8.59. The fourth-order valence-corrected chi connectivity index (χ4v) is 2.48. The number of carboxylic acids is 1. The highest BCUT2D eigenvalue weighted by atomic mass is 32.1. The molecular weight excluding hydrogens is 222 g/mol. The first-order valence-electron chi connectivity index (χ1n) is 5.38. The van der Waals surface area contributed by atoms with Crippen LogP contribution in [0, 0.1) is 0 Å². The zero-order chi connectivity index (χ0) is 12.3. The van der Waals surface area contributed by atoms with E-state index in [1.54, 1.807) is 11.3 Å². The lowest BCUT2D eigenvalue weighted by molar-refractivity contribution is -0.137. The van der Waals surface area contributed by atoms with Gasteiger partial charge in [-0.3, -0.25) is 4.79 Å². The van der Waals surface area contributed by atoms with Gasteiger partial charge >= 0.3 is 5.97 Å². The summed E-state index contributed by atoms with van der Waals surface area (Å²) >= 11 is 1.68. The van der Waals surface area contributed by atoms with E-state index < -0.39 is 5.97 Å². The van der Waals surface area contributed by atoms with E-state index in [0.717, 1.165) is 4.88 Å². The lowest BCUT2D eigenvalue weighted by Gasteiger charge is -2.15. The zero-order valence-corrected chi connectivity index (χ0v) is 10.8. The molecule has 3 nitrogen and oxygen atoms in total. The molecule has 0 spiro atoms. The highest BCUT2D eigenvalue weighted by Crippen LogP contribution is 2.32. The maximum Gasteiger partial charge on any atom is 0.303 e. The monoisotopic (exact) mass is 241 g/mol. The van der Waals surface area contributed by atoms with E-state index in [1.807, 2.05) is 6.07 Å². The Balaban J connectivity index is 2.67. The molecule has 90 valence electrons. The minimum atomic E-state index is -0.789. The third-order valence-electron chi connectivity index (χ3n) is 2.40. The van der Waals surface area contributed by atoms with Crippen LogP contribution in [0.5, 0.6) is 0 Å². The predicted octanol–water partition coefficient (Wildman–Crippen LogP) is 2.91.